The average Bonchev–Trinajstić information content (AvgIpc) is 2.70. The number of hydrogen-bond donors (Lipinski definition) is 0. The molecule has 5 heteroatoms. The minimum atomic E-state index is 0.0901. The molecule has 21 heavy (non-hydrogen) atoms. The number of likely N-dealkylation sites (N-methyl/N-ethyl adjacent to an activating group) is 1. The van der Waals surface area contributed by atoms with Gasteiger partial charge in [0.05, 0.1) is 19.1 Å². The SMILES string of the molecule is CN1CCN(CCOC2CC(=O)N(CC(C)(C)C)C2)CC1. The molecule has 0 radical (unpaired) electrons. The number of ether oxygens (including phenoxy) is 1. The van der Waals surface area contributed by atoms with Crippen molar-refractivity contribution in [3.05, 3.63) is 0 Å². The first kappa shape index (κ1) is 16.7. The molecular weight excluding hydrogens is 266 g/mol. The molecule has 0 aromatic carbocycles. The van der Waals surface area contributed by atoms with Crippen molar-refractivity contribution in [1.29, 1.82) is 0 Å². The fraction of sp³-hybridized carbons (Fsp3) is 0.938. The summed E-state index contributed by atoms with van der Waals surface area (Å²) in [6.07, 6.45) is 0.644. The molecule has 2 saturated heterocycles. The zero-order valence-electron chi connectivity index (χ0n) is 14.1. The van der Waals surface area contributed by atoms with Crippen molar-refractivity contribution in [3.63, 3.8) is 0 Å². The number of carbonyl (C=O) groups excluding carboxylic acids is 1. The maximum atomic E-state index is 12.0. The normalized spacial score (nSPS) is 25.8. The summed E-state index contributed by atoms with van der Waals surface area (Å²) in [5.74, 6) is 0.245. The summed E-state index contributed by atoms with van der Waals surface area (Å²) in [6.45, 7) is 14.3. The van der Waals surface area contributed by atoms with Gasteiger partial charge in [-0.1, -0.05) is 20.8 Å². The fourth-order valence-electron chi connectivity index (χ4n) is 2.99. The monoisotopic (exact) mass is 297 g/mol. The highest BCUT2D eigenvalue weighted by Crippen LogP contribution is 2.21. The van der Waals surface area contributed by atoms with Crippen molar-refractivity contribution in [2.24, 2.45) is 5.41 Å². The van der Waals surface area contributed by atoms with Crippen LogP contribution in [0.2, 0.25) is 0 Å². The molecule has 122 valence electrons. The van der Waals surface area contributed by atoms with Crippen LogP contribution in [0.25, 0.3) is 0 Å². The molecular formula is C16H31N3O2. The van der Waals surface area contributed by atoms with Gasteiger partial charge in [0.1, 0.15) is 0 Å². The van der Waals surface area contributed by atoms with Gasteiger partial charge in [0.25, 0.3) is 0 Å². The Morgan fingerprint density at radius 1 is 1.19 bits per heavy atom. The van der Waals surface area contributed by atoms with E-state index in [4.69, 9.17) is 4.74 Å². The van der Waals surface area contributed by atoms with Gasteiger partial charge in [-0.3, -0.25) is 9.69 Å². The Kier molecular flexibility index (Phi) is 5.63. The molecule has 0 bridgehead atoms. The quantitative estimate of drug-likeness (QED) is 0.755. The summed E-state index contributed by atoms with van der Waals surface area (Å²) in [6, 6.07) is 0. The van der Waals surface area contributed by atoms with Gasteiger partial charge in [0, 0.05) is 45.8 Å². The third-order valence-electron chi connectivity index (χ3n) is 4.20. The Morgan fingerprint density at radius 3 is 2.48 bits per heavy atom. The van der Waals surface area contributed by atoms with E-state index in [1.54, 1.807) is 0 Å². The van der Waals surface area contributed by atoms with Crippen LogP contribution >= 0.6 is 0 Å². The molecule has 2 aliphatic rings. The van der Waals surface area contributed by atoms with E-state index in [9.17, 15) is 4.79 Å². The van der Waals surface area contributed by atoms with Gasteiger partial charge < -0.3 is 14.5 Å². The number of hydrogen-bond acceptors (Lipinski definition) is 4. The van der Waals surface area contributed by atoms with Crippen LogP contribution in [0.4, 0.5) is 0 Å². The van der Waals surface area contributed by atoms with E-state index in [0.29, 0.717) is 6.42 Å². The summed E-state index contributed by atoms with van der Waals surface area (Å²) >= 11 is 0. The lowest BCUT2D eigenvalue weighted by molar-refractivity contribution is -0.128. The van der Waals surface area contributed by atoms with Crippen molar-refractivity contribution in [2.75, 3.05) is 59.5 Å². The summed E-state index contributed by atoms with van der Waals surface area (Å²) in [5, 5.41) is 0. The minimum absolute atomic E-state index is 0.0901. The van der Waals surface area contributed by atoms with Gasteiger partial charge in [-0.05, 0) is 12.5 Å². The topological polar surface area (TPSA) is 36.0 Å². The number of carbonyl (C=O) groups is 1. The summed E-state index contributed by atoms with van der Waals surface area (Å²) in [5.41, 5.74) is 0.157. The van der Waals surface area contributed by atoms with Crippen molar-refractivity contribution < 1.29 is 9.53 Å². The smallest absolute Gasteiger partial charge is 0.225 e. The van der Waals surface area contributed by atoms with E-state index >= 15 is 0 Å². The first-order chi connectivity index (χ1) is 9.83. The van der Waals surface area contributed by atoms with E-state index in [0.717, 1.165) is 52.4 Å². The Labute approximate surface area is 129 Å². The molecule has 1 amide bonds. The zero-order chi connectivity index (χ0) is 15.5. The van der Waals surface area contributed by atoms with Gasteiger partial charge >= 0.3 is 0 Å². The Bertz CT molecular complexity index is 346. The lowest BCUT2D eigenvalue weighted by Crippen LogP contribution is -2.45. The maximum Gasteiger partial charge on any atom is 0.225 e. The van der Waals surface area contributed by atoms with Gasteiger partial charge in [-0.2, -0.15) is 0 Å². The number of amides is 1. The molecule has 5 nitrogen and oxygen atoms in total. The molecule has 1 unspecified atom stereocenters. The van der Waals surface area contributed by atoms with Crippen molar-refractivity contribution >= 4 is 5.91 Å². The lowest BCUT2D eigenvalue weighted by Gasteiger charge is -2.32. The Hall–Kier alpha value is -0.650. The molecule has 0 aromatic heterocycles. The maximum absolute atomic E-state index is 12.0. The van der Waals surface area contributed by atoms with Gasteiger partial charge in [-0.25, -0.2) is 0 Å². The molecule has 0 aliphatic carbocycles. The predicted molar refractivity (Wildman–Crippen MR) is 84.3 cm³/mol. The van der Waals surface area contributed by atoms with Crippen LogP contribution in [-0.4, -0.2) is 86.2 Å². The second-order valence-electron chi connectivity index (χ2n) is 7.68. The molecule has 0 aromatic rings. The second kappa shape index (κ2) is 7.07. The largest absolute Gasteiger partial charge is 0.375 e. The highest BCUT2D eigenvalue weighted by molar-refractivity contribution is 5.79. The first-order valence-electron chi connectivity index (χ1n) is 8.14. The van der Waals surface area contributed by atoms with Crippen LogP contribution in [0.5, 0.6) is 0 Å². The standard InChI is InChI=1S/C16H31N3O2/c1-16(2,3)13-19-12-14(11-15(19)20)21-10-9-18-7-5-17(4)6-8-18/h14H,5-13H2,1-4H3. The first-order valence-corrected chi connectivity index (χ1v) is 8.14. The number of likely N-dealkylation sites (tertiary alicyclic amines) is 1. The molecule has 0 saturated carbocycles. The summed E-state index contributed by atoms with van der Waals surface area (Å²) in [4.78, 5) is 18.8. The summed E-state index contributed by atoms with van der Waals surface area (Å²) < 4.78 is 5.93. The Morgan fingerprint density at radius 2 is 1.86 bits per heavy atom. The van der Waals surface area contributed by atoms with Gasteiger partial charge in [-0.15, -0.1) is 0 Å². The predicted octanol–water partition coefficient (Wildman–Crippen LogP) is 0.897. The molecule has 2 aliphatic heterocycles. The van der Waals surface area contributed by atoms with E-state index in [1.807, 2.05) is 4.90 Å². The Balaban J connectivity index is 1.65. The van der Waals surface area contributed by atoms with Crippen LogP contribution in [0.1, 0.15) is 27.2 Å². The molecule has 1 atom stereocenters. The number of nitrogens with zero attached hydrogens (tertiary/aromatic N) is 3. The second-order valence-corrected chi connectivity index (χ2v) is 7.68. The van der Waals surface area contributed by atoms with Crippen LogP contribution in [0, 0.1) is 5.41 Å². The van der Waals surface area contributed by atoms with Crippen molar-refractivity contribution in [2.45, 2.75) is 33.3 Å². The van der Waals surface area contributed by atoms with Gasteiger partial charge in [0.15, 0.2) is 0 Å². The average molecular weight is 297 g/mol. The highest BCUT2D eigenvalue weighted by Gasteiger charge is 2.32. The van der Waals surface area contributed by atoms with Crippen molar-refractivity contribution in [3.8, 4) is 0 Å². The van der Waals surface area contributed by atoms with E-state index in [1.165, 1.54) is 0 Å². The van der Waals surface area contributed by atoms with Crippen LogP contribution < -0.4 is 0 Å². The molecule has 0 N–H and O–H groups in total. The van der Waals surface area contributed by atoms with Crippen LogP contribution in [0.3, 0.4) is 0 Å². The lowest BCUT2D eigenvalue weighted by atomic mass is 9.96. The van der Waals surface area contributed by atoms with E-state index in [2.05, 4.69) is 37.6 Å². The van der Waals surface area contributed by atoms with E-state index < -0.39 is 0 Å². The van der Waals surface area contributed by atoms with Crippen LogP contribution in [-0.2, 0) is 9.53 Å². The zero-order valence-corrected chi connectivity index (χ0v) is 14.1. The number of piperazine rings is 1. The molecule has 2 fully saturated rings. The molecule has 2 heterocycles. The minimum Gasteiger partial charge on any atom is -0.375 e. The molecule has 0 spiro atoms. The van der Waals surface area contributed by atoms with E-state index in [-0.39, 0.29) is 17.4 Å². The van der Waals surface area contributed by atoms with Gasteiger partial charge in [0.2, 0.25) is 5.91 Å². The third kappa shape index (κ3) is 5.57. The van der Waals surface area contributed by atoms with Crippen LogP contribution in [0.15, 0.2) is 0 Å². The number of rotatable bonds is 5. The fourth-order valence-corrected chi connectivity index (χ4v) is 2.99. The highest BCUT2D eigenvalue weighted by atomic mass is 16.5. The van der Waals surface area contributed by atoms with Crippen molar-refractivity contribution in [1.82, 2.24) is 14.7 Å². The molecule has 2 rings (SSSR count). The summed E-state index contributed by atoms with van der Waals surface area (Å²) in [7, 11) is 2.17. The third-order valence-corrected chi connectivity index (χ3v) is 4.20.